The number of carbonyl (C=O) groups excluding carboxylic acids is 3. The molecule has 1 aromatic rings. The fourth-order valence-corrected chi connectivity index (χ4v) is 4.43. The largest absolute Gasteiger partial charge is 0.466 e. The van der Waals surface area contributed by atoms with Gasteiger partial charge >= 0.3 is 13.6 Å². The van der Waals surface area contributed by atoms with Gasteiger partial charge in [-0.05, 0) is 44.9 Å². The fraction of sp³-hybridized carbons (Fsp3) is 0.550. The van der Waals surface area contributed by atoms with Crippen LogP contribution in [0.2, 0.25) is 0 Å². The Morgan fingerprint density at radius 1 is 1.03 bits per heavy atom. The van der Waals surface area contributed by atoms with Gasteiger partial charge in [0.1, 0.15) is 6.04 Å². The van der Waals surface area contributed by atoms with Gasteiger partial charge < -0.3 is 24.8 Å². The number of nitrogens with one attached hydrogen (secondary N) is 1. The third kappa shape index (κ3) is 8.26. The molecule has 0 aliphatic carbocycles. The molecule has 2 amide bonds. The zero-order valence-electron chi connectivity index (χ0n) is 17.9. The molecule has 0 heterocycles. The number of hydrogen-bond acceptors (Lipinski definition) is 7. The van der Waals surface area contributed by atoms with Crippen molar-refractivity contribution >= 4 is 25.4 Å². The molecule has 0 bridgehead atoms. The maximum atomic E-state index is 12.6. The first kappa shape index (κ1) is 25.8. The van der Waals surface area contributed by atoms with E-state index in [2.05, 4.69) is 5.32 Å². The van der Waals surface area contributed by atoms with Crippen LogP contribution in [0.4, 0.5) is 0 Å². The minimum Gasteiger partial charge on any atom is -0.466 e. The molecule has 0 radical (unpaired) electrons. The van der Waals surface area contributed by atoms with Gasteiger partial charge in [0.2, 0.25) is 5.91 Å². The highest BCUT2D eigenvalue weighted by Crippen LogP contribution is 2.51. The van der Waals surface area contributed by atoms with E-state index in [1.165, 1.54) is 0 Å². The number of nitrogens with two attached hydrogens (primary N) is 1. The molecule has 9 nitrogen and oxygen atoms in total. The molecule has 3 N–H and O–H groups in total. The van der Waals surface area contributed by atoms with Gasteiger partial charge in [-0.25, -0.2) is 0 Å². The summed E-state index contributed by atoms with van der Waals surface area (Å²) in [7, 11) is -3.25. The lowest BCUT2D eigenvalue weighted by Gasteiger charge is -2.19. The molecule has 168 valence electrons. The average Bonchev–Trinajstić information content (AvgIpc) is 2.68. The lowest BCUT2D eigenvalue weighted by Crippen LogP contribution is -2.46. The van der Waals surface area contributed by atoms with Crippen LogP contribution in [0.25, 0.3) is 0 Å². The van der Waals surface area contributed by atoms with Crippen LogP contribution < -0.4 is 11.1 Å². The second-order valence-electron chi connectivity index (χ2n) is 6.62. The highest BCUT2D eigenvalue weighted by atomic mass is 31.2. The van der Waals surface area contributed by atoms with E-state index in [0.29, 0.717) is 5.56 Å². The minimum atomic E-state index is -3.25. The second-order valence-corrected chi connectivity index (χ2v) is 8.67. The Morgan fingerprint density at radius 2 is 1.60 bits per heavy atom. The standard InChI is InChI=1S/C20H31N2O7P/c1-5-27-20(25)14(4)12-17(18(21)23)22-19(24)16-10-8-15(9-11-16)13-30(26,28-6-2)29-7-3/h8-11,14,17H,5-7,12-13H2,1-4H3,(H2,21,23)(H,22,24)/t14-,17+/m0/s1. The Kier molecular flexibility index (Phi) is 10.7. The third-order valence-corrected chi connectivity index (χ3v) is 6.23. The molecule has 0 aliphatic heterocycles. The van der Waals surface area contributed by atoms with Gasteiger partial charge in [-0.1, -0.05) is 19.1 Å². The summed E-state index contributed by atoms with van der Waals surface area (Å²) in [5.74, 6) is -2.32. The van der Waals surface area contributed by atoms with Crippen molar-refractivity contribution in [2.75, 3.05) is 19.8 Å². The van der Waals surface area contributed by atoms with Crippen LogP contribution >= 0.6 is 7.60 Å². The van der Waals surface area contributed by atoms with E-state index in [4.69, 9.17) is 19.5 Å². The van der Waals surface area contributed by atoms with Gasteiger partial charge in [0, 0.05) is 5.56 Å². The van der Waals surface area contributed by atoms with Crippen LogP contribution in [0.5, 0.6) is 0 Å². The van der Waals surface area contributed by atoms with Crippen LogP contribution in [0.3, 0.4) is 0 Å². The Bertz CT molecular complexity index is 757. The van der Waals surface area contributed by atoms with Gasteiger partial charge in [-0.15, -0.1) is 0 Å². The lowest BCUT2D eigenvalue weighted by atomic mass is 10.0. The van der Waals surface area contributed by atoms with E-state index >= 15 is 0 Å². The molecule has 0 spiro atoms. The number of amides is 2. The monoisotopic (exact) mass is 442 g/mol. The quantitative estimate of drug-likeness (QED) is 0.354. The molecule has 0 aromatic heterocycles. The fourth-order valence-electron chi connectivity index (χ4n) is 2.73. The Labute approximate surface area is 177 Å². The van der Waals surface area contributed by atoms with E-state index in [-0.39, 0.29) is 38.0 Å². The smallest absolute Gasteiger partial charge is 0.335 e. The Balaban J connectivity index is 2.81. The second kappa shape index (κ2) is 12.5. The summed E-state index contributed by atoms with van der Waals surface area (Å²) in [6, 6.07) is 5.34. The predicted octanol–water partition coefficient (Wildman–Crippen LogP) is 2.63. The Morgan fingerprint density at radius 3 is 2.07 bits per heavy atom. The molecule has 0 unspecified atom stereocenters. The maximum Gasteiger partial charge on any atom is 0.335 e. The molecule has 0 fully saturated rings. The van der Waals surface area contributed by atoms with Crippen LogP contribution in [0.1, 0.15) is 50.0 Å². The zero-order valence-corrected chi connectivity index (χ0v) is 18.8. The van der Waals surface area contributed by atoms with Crippen molar-refractivity contribution in [1.82, 2.24) is 5.32 Å². The van der Waals surface area contributed by atoms with Crippen molar-refractivity contribution in [2.45, 2.75) is 46.3 Å². The highest BCUT2D eigenvalue weighted by Gasteiger charge is 2.26. The Hall–Kier alpha value is -2.22. The normalized spacial score (nSPS) is 13.3. The number of ether oxygens (including phenoxy) is 1. The lowest BCUT2D eigenvalue weighted by molar-refractivity contribution is -0.147. The molecular weight excluding hydrogens is 411 g/mol. The number of benzene rings is 1. The summed E-state index contributed by atoms with van der Waals surface area (Å²) in [4.78, 5) is 36.0. The van der Waals surface area contributed by atoms with Crippen molar-refractivity contribution in [1.29, 1.82) is 0 Å². The topological polar surface area (TPSA) is 134 Å². The summed E-state index contributed by atoms with van der Waals surface area (Å²) in [6.07, 6.45) is 0.113. The van der Waals surface area contributed by atoms with Crippen molar-refractivity contribution in [3.8, 4) is 0 Å². The van der Waals surface area contributed by atoms with Crippen LogP contribution in [0, 0.1) is 5.92 Å². The number of primary amides is 1. The van der Waals surface area contributed by atoms with Crippen LogP contribution in [-0.2, 0) is 34.1 Å². The summed E-state index contributed by atoms with van der Waals surface area (Å²) >= 11 is 0. The number of hydrogen-bond donors (Lipinski definition) is 2. The van der Waals surface area contributed by atoms with E-state index < -0.39 is 37.3 Å². The van der Waals surface area contributed by atoms with Crippen molar-refractivity contribution in [3.05, 3.63) is 35.4 Å². The molecule has 10 heteroatoms. The van der Waals surface area contributed by atoms with Gasteiger partial charge in [-0.2, -0.15) is 0 Å². The summed E-state index contributed by atoms with van der Waals surface area (Å²) in [6.45, 7) is 7.50. The van der Waals surface area contributed by atoms with Gasteiger partial charge in [0.05, 0.1) is 31.9 Å². The van der Waals surface area contributed by atoms with Crippen molar-refractivity contribution in [2.24, 2.45) is 11.7 Å². The molecular formula is C20H31N2O7P. The third-order valence-electron chi connectivity index (χ3n) is 4.17. The molecule has 0 aliphatic rings. The number of carbonyl (C=O) groups is 3. The summed E-state index contributed by atoms with van der Waals surface area (Å²) in [5.41, 5.74) is 6.34. The van der Waals surface area contributed by atoms with Crippen molar-refractivity contribution in [3.63, 3.8) is 0 Å². The molecule has 0 saturated carbocycles. The first-order valence-corrected chi connectivity index (χ1v) is 11.6. The zero-order chi connectivity index (χ0) is 22.7. The van der Waals surface area contributed by atoms with E-state index in [0.717, 1.165) is 0 Å². The summed E-state index contributed by atoms with van der Waals surface area (Å²) < 4.78 is 28.1. The average molecular weight is 442 g/mol. The molecule has 30 heavy (non-hydrogen) atoms. The number of rotatable bonds is 13. The van der Waals surface area contributed by atoms with Crippen LogP contribution in [-0.4, -0.2) is 43.6 Å². The molecule has 1 rings (SSSR count). The van der Waals surface area contributed by atoms with Crippen molar-refractivity contribution < 1.29 is 32.7 Å². The first-order valence-electron chi connectivity index (χ1n) is 9.89. The van der Waals surface area contributed by atoms with E-state index in [9.17, 15) is 18.9 Å². The van der Waals surface area contributed by atoms with E-state index in [1.807, 2.05) is 0 Å². The molecule has 2 atom stereocenters. The SMILES string of the molecule is CCOC(=O)[C@@H](C)C[C@@H](NC(=O)c1ccc(CP(=O)(OCC)OCC)cc1)C(N)=O. The number of esters is 1. The van der Waals surface area contributed by atoms with Crippen LogP contribution in [0.15, 0.2) is 24.3 Å². The van der Waals surface area contributed by atoms with Gasteiger partial charge in [0.25, 0.3) is 5.91 Å². The minimum absolute atomic E-state index is 0.0316. The molecule has 0 saturated heterocycles. The maximum absolute atomic E-state index is 12.6. The van der Waals surface area contributed by atoms with E-state index in [1.54, 1.807) is 52.0 Å². The first-order chi connectivity index (χ1) is 14.2. The van der Waals surface area contributed by atoms with Gasteiger partial charge in [-0.3, -0.25) is 18.9 Å². The molecule has 1 aromatic carbocycles. The predicted molar refractivity (Wildman–Crippen MR) is 112 cm³/mol. The summed E-state index contributed by atoms with van der Waals surface area (Å²) in [5, 5.41) is 2.54. The van der Waals surface area contributed by atoms with Gasteiger partial charge in [0.15, 0.2) is 0 Å². The highest BCUT2D eigenvalue weighted by molar-refractivity contribution is 7.53.